The molecule has 0 N–H and O–H groups in total. The zero-order valence-corrected chi connectivity index (χ0v) is 9.95. The minimum atomic E-state index is 0.356. The monoisotopic (exact) mass is 233 g/mol. The van der Waals surface area contributed by atoms with Crippen LogP contribution < -0.4 is 0 Å². The van der Waals surface area contributed by atoms with E-state index in [0.717, 1.165) is 22.8 Å². The van der Waals surface area contributed by atoms with E-state index in [4.69, 9.17) is 11.6 Å². The van der Waals surface area contributed by atoms with Crippen molar-refractivity contribution < 1.29 is 4.79 Å². The van der Waals surface area contributed by atoms with Crippen LogP contribution in [0.3, 0.4) is 0 Å². The van der Waals surface area contributed by atoms with Crippen LogP contribution >= 0.6 is 11.6 Å². The number of rotatable bonds is 2. The molecule has 0 spiro atoms. The number of aromatic nitrogens is 1. The number of hydrogen-bond donors (Lipinski definition) is 0. The highest BCUT2D eigenvalue weighted by molar-refractivity contribution is 6.35. The highest BCUT2D eigenvalue weighted by atomic mass is 35.5. The number of carbonyl (C=O) groups excluding carboxylic acids is 1. The molecule has 1 heterocycles. The van der Waals surface area contributed by atoms with Crippen molar-refractivity contribution in [1.29, 1.82) is 0 Å². The molecule has 1 aromatic carbocycles. The van der Waals surface area contributed by atoms with Crippen molar-refractivity contribution in [2.45, 2.75) is 19.8 Å². The van der Waals surface area contributed by atoms with Gasteiger partial charge in [-0.3, -0.25) is 4.79 Å². The van der Waals surface area contributed by atoms with Crippen molar-refractivity contribution in [3.05, 3.63) is 40.5 Å². The van der Waals surface area contributed by atoms with Crippen molar-refractivity contribution in [3.63, 3.8) is 0 Å². The Hall–Kier alpha value is -1.41. The third-order valence-electron chi connectivity index (χ3n) is 2.58. The van der Waals surface area contributed by atoms with Gasteiger partial charge in [-0.15, -0.1) is 0 Å². The zero-order chi connectivity index (χ0) is 11.7. The predicted octanol–water partition coefficient (Wildman–Crippen LogP) is 3.82. The first-order valence-electron chi connectivity index (χ1n) is 5.18. The van der Waals surface area contributed by atoms with E-state index >= 15 is 0 Å². The first-order chi connectivity index (χ1) is 7.63. The average Bonchev–Trinajstić information content (AvgIpc) is 2.28. The summed E-state index contributed by atoms with van der Waals surface area (Å²) >= 11 is 6.12. The third-order valence-corrected chi connectivity index (χ3v) is 2.90. The molecule has 0 aliphatic carbocycles. The number of hydrogen-bond acceptors (Lipinski definition) is 2. The Labute approximate surface area is 99.3 Å². The van der Waals surface area contributed by atoms with Crippen LogP contribution in [0, 0.1) is 0 Å². The number of carbonyl (C=O) groups is 1. The first kappa shape index (κ1) is 11.1. The highest BCUT2D eigenvalue weighted by Crippen LogP contribution is 2.28. The minimum Gasteiger partial charge on any atom is -0.296 e. The molecule has 0 amide bonds. The van der Waals surface area contributed by atoms with Crippen LogP contribution in [0.1, 0.15) is 35.8 Å². The van der Waals surface area contributed by atoms with Crippen LogP contribution in [0.25, 0.3) is 10.9 Å². The molecular formula is C13H12ClNO. The lowest BCUT2D eigenvalue weighted by Gasteiger charge is -2.10. The van der Waals surface area contributed by atoms with Gasteiger partial charge in [0.15, 0.2) is 6.29 Å². The lowest BCUT2D eigenvalue weighted by molar-refractivity contribution is 0.111. The van der Waals surface area contributed by atoms with Gasteiger partial charge >= 0.3 is 0 Å². The van der Waals surface area contributed by atoms with Gasteiger partial charge in [0.2, 0.25) is 0 Å². The van der Waals surface area contributed by atoms with E-state index in [1.54, 1.807) is 6.07 Å². The second kappa shape index (κ2) is 4.22. The quantitative estimate of drug-likeness (QED) is 0.738. The summed E-state index contributed by atoms with van der Waals surface area (Å²) in [6.07, 6.45) is 0.725. The van der Waals surface area contributed by atoms with Gasteiger partial charge in [-0.25, -0.2) is 4.98 Å². The molecule has 0 aliphatic rings. The zero-order valence-electron chi connectivity index (χ0n) is 9.20. The molecule has 0 unspecified atom stereocenters. The summed E-state index contributed by atoms with van der Waals surface area (Å²) < 4.78 is 0. The van der Waals surface area contributed by atoms with Gasteiger partial charge in [-0.2, -0.15) is 0 Å². The maximum absolute atomic E-state index is 10.8. The first-order valence-corrected chi connectivity index (χ1v) is 5.55. The number of halogens is 1. The number of fused-ring (bicyclic) bond motifs is 1. The summed E-state index contributed by atoms with van der Waals surface area (Å²) in [5, 5.41) is 1.48. The summed E-state index contributed by atoms with van der Waals surface area (Å²) in [7, 11) is 0. The Kier molecular flexibility index (Phi) is 2.92. The Bertz CT molecular complexity index is 549. The van der Waals surface area contributed by atoms with Crippen LogP contribution in [0.2, 0.25) is 5.02 Å². The highest BCUT2D eigenvalue weighted by Gasteiger charge is 2.09. The van der Waals surface area contributed by atoms with E-state index in [2.05, 4.69) is 18.8 Å². The second-order valence-electron chi connectivity index (χ2n) is 4.04. The van der Waals surface area contributed by atoms with Crippen LogP contribution in [0.4, 0.5) is 0 Å². The fourth-order valence-electron chi connectivity index (χ4n) is 1.77. The lowest BCUT2D eigenvalue weighted by Crippen LogP contribution is -1.95. The molecule has 2 rings (SSSR count). The molecule has 0 bridgehead atoms. The molecule has 82 valence electrons. The van der Waals surface area contributed by atoms with Gasteiger partial charge in [0.25, 0.3) is 0 Å². The van der Waals surface area contributed by atoms with Crippen LogP contribution in [-0.4, -0.2) is 11.3 Å². The standard InChI is InChI=1S/C13H12ClNO/c1-8(2)10-4-3-5-11-12(14)6-9(7-16)15-13(10)11/h3-8H,1-2H3. The molecule has 0 aliphatic heterocycles. The molecule has 0 saturated heterocycles. The Morgan fingerprint density at radius 2 is 2.12 bits per heavy atom. The number of para-hydroxylation sites is 1. The van der Waals surface area contributed by atoms with E-state index < -0.39 is 0 Å². The normalized spacial score (nSPS) is 11.0. The molecule has 3 heteroatoms. The topological polar surface area (TPSA) is 30.0 Å². The van der Waals surface area contributed by atoms with E-state index in [1.807, 2.05) is 18.2 Å². The van der Waals surface area contributed by atoms with Crippen molar-refractivity contribution in [2.75, 3.05) is 0 Å². The van der Waals surface area contributed by atoms with Gasteiger partial charge in [-0.05, 0) is 17.5 Å². The molecule has 16 heavy (non-hydrogen) atoms. The largest absolute Gasteiger partial charge is 0.296 e. The predicted molar refractivity (Wildman–Crippen MR) is 66.2 cm³/mol. The van der Waals surface area contributed by atoms with E-state index in [-0.39, 0.29) is 0 Å². The van der Waals surface area contributed by atoms with Crippen molar-refractivity contribution in [1.82, 2.24) is 4.98 Å². The van der Waals surface area contributed by atoms with Crippen LogP contribution in [0.5, 0.6) is 0 Å². The minimum absolute atomic E-state index is 0.356. The SMILES string of the molecule is CC(C)c1cccc2c(Cl)cc(C=O)nc12. The smallest absolute Gasteiger partial charge is 0.168 e. The van der Waals surface area contributed by atoms with Crippen molar-refractivity contribution in [2.24, 2.45) is 0 Å². The van der Waals surface area contributed by atoms with Crippen LogP contribution in [-0.2, 0) is 0 Å². The van der Waals surface area contributed by atoms with E-state index in [1.165, 1.54) is 0 Å². The van der Waals surface area contributed by atoms with Gasteiger partial charge in [-0.1, -0.05) is 43.6 Å². The summed E-state index contributed by atoms with van der Waals surface area (Å²) in [6.45, 7) is 4.19. The number of pyridine rings is 1. The summed E-state index contributed by atoms with van der Waals surface area (Å²) in [5.41, 5.74) is 2.32. The molecule has 0 atom stereocenters. The maximum Gasteiger partial charge on any atom is 0.168 e. The van der Waals surface area contributed by atoms with Crippen molar-refractivity contribution in [3.8, 4) is 0 Å². The summed E-state index contributed by atoms with van der Waals surface area (Å²) in [6, 6.07) is 7.50. The number of nitrogens with zero attached hydrogens (tertiary/aromatic N) is 1. The van der Waals surface area contributed by atoms with Crippen LogP contribution in [0.15, 0.2) is 24.3 Å². The van der Waals surface area contributed by atoms with Gasteiger partial charge in [0.05, 0.1) is 10.5 Å². The third kappa shape index (κ3) is 1.81. The lowest BCUT2D eigenvalue weighted by atomic mass is 9.99. The summed E-state index contributed by atoms with van der Waals surface area (Å²) in [5.74, 6) is 0.356. The second-order valence-corrected chi connectivity index (χ2v) is 4.45. The van der Waals surface area contributed by atoms with E-state index in [0.29, 0.717) is 16.6 Å². The maximum atomic E-state index is 10.8. The number of benzene rings is 1. The Balaban J connectivity index is 2.84. The summed E-state index contributed by atoms with van der Waals surface area (Å²) in [4.78, 5) is 15.1. The molecule has 1 aromatic heterocycles. The molecule has 0 radical (unpaired) electrons. The fourth-order valence-corrected chi connectivity index (χ4v) is 2.04. The van der Waals surface area contributed by atoms with E-state index in [9.17, 15) is 4.79 Å². The van der Waals surface area contributed by atoms with Gasteiger partial charge in [0, 0.05) is 5.39 Å². The average molecular weight is 234 g/mol. The molecule has 2 aromatic rings. The molecule has 0 fully saturated rings. The molecule has 0 saturated carbocycles. The fraction of sp³-hybridized carbons (Fsp3) is 0.231. The molecule has 2 nitrogen and oxygen atoms in total. The van der Waals surface area contributed by atoms with Gasteiger partial charge in [0.1, 0.15) is 5.69 Å². The van der Waals surface area contributed by atoms with Crippen molar-refractivity contribution >= 4 is 28.8 Å². The van der Waals surface area contributed by atoms with Gasteiger partial charge < -0.3 is 0 Å². The molecular weight excluding hydrogens is 222 g/mol. The number of aldehydes is 1. The Morgan fingerprint density at radius 3 is 2.75 bits per heavy atom. The Morgan fingerprint density at radius 1 is 1.38 bits per heavy atom.